The number of fused-ring (bicyclic) bond motifs is 1. The molecule has 9 heteroatoms. The Bertz CT molecular complexity index is 1400. The second-order valence-corrected chi connectivity index (χ2v) is 10.9. The molecule has 0 saturated carbocycles. The van der Waals surface area contributed by atoms with Gasteiger partial charge >= 0.3 is 0 Å². The summed E-state index contributed by atoms with van der Waals surface area (Å²) < 4.78 is 0. The minimum atomic E-state index is -0.581. The maximum Gasteiger partial charge on any atom is 0.255 e. The monoisotopic (exact) mass is 543 g/mol. The molecule has 0 radical (unpaired) electrons. The number of pyridine rings is 1. The van der Waals surface area contributed by atoms with E-state index in [1.807, 2.05) is 42.6 Å². The van der Waals surface area contributed by atoms with Crippen molar-refractivity contribution >= 4 is 29.3 Å². The summed E-state index contributed by atoms with van der Waals surface area (Å²) in [6.07, 6.45) is 2.60. The molecule has 0 aliphatic carbocycles. The Balaban J connectivity index is 1.01. The zero-order chi connectivity index (χ0) is 26.9. The van der Waals surface area contributed by atoms with Crippen molar-refractivity contribution in [3.8, 4) is 11.3 Å². The molecule has 1 unspecified atom stereocenters. The minimum absolute atomic E-state index is 0.129. The Hall–Kier alpha value is -3.59. The van der Waals surface area contributed by atoms with Crippen molar-refractivity contribution in [2.75, 3.05) is 26.2 Å². The van der Waals surface area contributed by atoms with Crippen molar-refractivity contribution in [2.45, 2.75) is 38.5 Å². The quantitative estimate of drug-likeness (QED) is 0.479. The molecule has 200 valence electrons. The number of imide groups is 1. The number of benzene rings is 2. The number of piperazine rings is 1. The van der Waals surface area contributed by atoms with Crippen LogP contribution in [0.4, 0.5) is 0 Å². The molecular weight excluding hydrogens is 514 g/mol. The first-order chi connectivity index (χ1) is 18.9. The van der Waals surface area contributed by atoms with Gasteiger partial charge in [0, 0.05) is 74.6 Å². The Morgan fingerprint density at radius 3 is 2.23 bits per heavy atom. The molecule has 3 amide bonds. The molecule has 6 rings (SSSR count). The smallest absolute Gasteiger partial charge is 0.255 e. The summed E-state index contributed by atoms with van der Waals surface area (Å²) in [7, 11) is 0. The number of halogens is 1. The molecule has 39 heavy (non-hydrogen) atoms. The van der Waals surface area contributed by atoms with Crippen molar-refractivity contribution in [3.05, 3.63) is 88.1 Å². The average molecular weight is 544 g/mol. The van der Waals surface area contributed by atoms with E-state index >= 15 is 0 Å². The van der Waals surface area contributed by atoms with Crippen molar-refractivity contribution in [1.29, 1.82) is 0 Å². The van der Waals surface area contributed by atoms with Crippen LogP contribution >= 0.6 is 11.6 Å². The number of nitrogens with zero attached hydrogens (tertiary/aromatic N) is 4. The first-order valence-corrected chi connectivity index (χ1v) is 13.7. The van der Waals surface area contributed by atoms with Crippen LogP contribution in [0, 0.1) is 0 Å². The number of hydrogen-bond donors (Lipinski definition) is 1. The molecule has 3 aliphatic heterocycles. The number of hydrogen-bond acceptors (Lipinski definition) is 6. The van der Waals surface area contributed by atoms with Gasteiger partial charge in [-0.1, -0.05) is 41.9 Å². The lowest BCUT2D eigenvalue weighted by Crippen LogP contribution is -2.52. The lowest BCUT2D eigenvalue weighted by atomic mass is 10.0. The SMILES string of the molecule is O=C1CCC(N2Cc3cc(CN4CCN(Cc5ccc(-c6ccc(Cl)cc6)nc5)CC4)ccc3C2=O)C(=O)N1. The van der Waals surface area contributed by atoms with E-state index in [0.717, 1.165) is 61.1 Å². The fourth-order valence-corrected chi connectivity index (χ4v) is 5.78. The van der Waals surface area contributed by atoms with Gasteiger partial charge in [-0.2, -0.15) is 0 Å². The maximum atomic E-state index is 12.9. The van der Waals surface area contributed by atoms with Crippen LogP contribution in [0.5, 0.6) is 0 Å². The third kappa shape index (κ3) is 5.59. The van der Waals surface area contributed by atoms with Crippen LogP contribution in [0.1, 0.15) is 39.9 Å². The molecule has 0 spiro atoms. The van der Waals surface area contributed by atoms with Crippen LogP contribution in [-0.4, -0.2) is 69.6 Å². The summed E-state index contributed by atoms with van der Waals surface area (Å²) in [5, 5.41) is 3.08. The highest BCUT2D eigenvalue weighted by Gasteiger charge is 2.39. The molecule has 2 aromatic carbocycles. The number of rotatable bonds is 6. The summed E-state index contributed by atoms with van der Waals surface area (Å²) >= 11 is 5.99. The standard InChI is InChI=1S/C30H30ClN5O3/c31-24-5-3-22(4-6-24)26-8-2-21(16-32-26)18-35-13-11-34(12-14-35)17-20-1-7-25-23(15-20)19-36(30(25)39)27-9-10-28(37)33-29(27)38/h1-8,15-16,27H,9-14,17-19H2,(H,33,37,38). The molecule has 0 bridgehead atoms. The number of carbonyl (C=O) groups excluding carboxylic acids is 3. The molecule has 1 atom stereocenters. The third-order valence-corrected chi connectivity index (χ3v) is 8.08. The number of piperidine rings is 1. The fourth-order valence-electron chi connectivity index (χ4n) is 5.66. The molecule has 1 aromatic heterocycles. The van der Waals surface area contributed by atoms with Gasteiger partial charge in [0.2, 0.25) is 11.8 Å². The van der Waals surface area contributed by atoms with Crippen LogP contribution in [0.25, 0.3) is 11.3 Å². The van der Waals surface area contributed by atoms with Crippen LogP contribution in [-0.2, 0) is 29.2 Å². The number of amides is 3. The van der Waals surface area contributed by atoms with E-state index in [1.54, 1.807) is 4.90 Å². The molecule has 8 nitrogen and oxygen atoms in total. The van der Waals surface area contributed by atoms with Gasteiger partial charge in [0.05, 0.1) is 5.69 Å². The lowest BCUT2D eigenvalue weighted by Gasteiger charge is -2.34. The van der Waals surface area contributed by atoms with E-state index in [9.17, 15) is 14.4 Å². The molecule has 3 aromatic rings. The van der Waals surface area contributed by atoms with E-state index in [2.05, 4.69) is 38.3 Å². The summed E-state index contributed by atoms with van der Waals surface area (Å²) in [4.78, 5) is 47.9. The van der Waals surface area contributed by atoms with Gasteiger partial charge < -0.3 is 4.90 Å². The predicted molar refractivity (Wildman–Crippen MR) is 148 cm³/mol. The van der Waals surface area contributed by atoms with Crippen molar-refractivity contribution in [2.24, 2.45) is 0 Å². The normalized spacial score (nSPS) is 20.3. The zero-order valence-electron chi connectivity index (χ0n) is 21.6. The van der Waals surface area contributed by atoms with Gasteiger partial charge in [-0.05, 0) is 47.4 Å². The molecule has 3 aliphatic rings. The second-order valence-electron chi connectivity index (χ2n) is 10.5. The predicted octanol–water partition coefficient (Wildman–Crippen LogP) is 3.48. The largest absolute Gasteiger partial charge is 0.322 e. The Labute approximate surface area is 232 Å². The Kier molecular flexibility index (Phi) is 7.16. The number of nitrogens with one attached hydrogen (secondary N) is 1. The van der Waals surface area contributed by atoms with E-state index in [-0.39, 0.29) is 24.1 Å². The van der Waals surface area contributed by atoms with Crippen molar-refractivity contribution < 1.29 is 14.4 Å². The van der Waals surface area contributed by atoms with E-state index < -0.39 is 6.04 Å². The van der Waals surface area contributed by atoms with Crippen LogP contribution in [0.15, 0.2) is 60.8 Å². The maximum absolute atomic E-state index is 12.9. The topological polar surface area (TPSA) is 85.9 Å². The Morgan fingerprint density at radius 2 is 1.56 bits per heavy atom. The van der Waals surface area contributed by atoms with E-state index in [1.165, 1.54) is 11.1 Å². The second kappa shape index (κ2) is 10.9. The highest BCUT2D eigenvalue weighted by Crippen LogP contribution is 2.29. The van der Waals surface area contributed by atoms with Crippen molar-refractivity contribution in [3.63, 3.8) is 0 Å². The highest BCUT2D eigenvalue weighted by molar-refractivity contribution is 6.30. The molecule has 1 N–H and O–H groups in total. The minimum Gasteiger partial charge on any atom is -0.322 e. The van der Waals surface area contributed by atoms with E-state index in [4.69, 9.17) is 11.6 Å². The first-order valence-electron chi connectivity index (χ1n) is 13.3. The molecular formula is C30H30ClN5O3. The fraction of sp³-hybridized carbons (Fsp3) is 0.333. The van der Waals surface area contributed by atoms with Gasteiger partial charge in [-0.25, -0.2) is 0 Å². The van der Waals surface area contributed by atoms with Gasteiger partial charge in [-0.15, -0.1) is 0 Å². The van der Waals surface area contributed by atoms with Gasteiger partial charge in [0.1, 0.15) is 6.04 Å². The first kappa shape index (κ1) is 25.7. The van der Waals surface area contributed by atoms with Crippen molar-refractivity contribution in [1.82, 2.24) is 25.0 Å². The summed E-state index contributed by atoms with van der Waals surface area (Å²) in [5.74, 6) is -0.777. The highest BCUT2D eigenvalue weighted by atomic mass is 35.5. The average Bonchev–Trinajstić information content (AvgIpc) is 3.26. The van der Waals surface area contributed by atoms with Gasteiger partial charge in [0.15, 0.2) is 0 Å². The van der Waals surface area contributed by atoms with Crippen LogP contribution in [0.3, 0.4) is 0 Å². The molecule has 2 fully saturated rings. The Morgan fingerprint density at radius 1 is 0.872 bits per heavy atom. The van der Waals surface area contributed by atoms with Gasteiger partial charge in [0.25, 0.3) is 5.91 Å². The zero-order valence-corrected chi connectivity index (χ0v) is 22.4. The summed E-state index contributed by atoms with van der Waals surface area (Å²) in [6.45, 7) is 6.00. The summed E-state index contributed by atoms with van der Waals surface area (Å²) in [6, 6.07) is 17.4. The lowest BCUT2D eigenvalue weighted by molar-refractivity contribution is -0.136. The van der Waals surface area contributed by atoms with Crippen LogP contribution in [0.2, 0.25) is 5.02 Å². The third-order valence-electron chi connectivity index (χ3n) is 7.83. The number of carbonyl (C=O) groups is 3. The summed E-state index contributed by atoms with van der Waals surface area (Å²) in [5.41, 5.74) is 5.97. The van der Waals surface area contributed by atoms with Gasteiger partial charge in [-0.3, -0.25) is 34.5 Å². The number of aromatic nitrogens is 1. The molecule has 2 saturated heterocycles. The van der Waals surface area contributed by atoms with Crippen LogP contribution < -0.4 is 5.32 Å². The molecule has 4 heterocycles. The van der Waals surface area contributed by atoms with E-state index in [0.29, 0.717) is 18.5 Å².